The third-order valence-electron chi connectivity index (χ3n) is 4.88. The van der Waals surface area contributed by atoms with Gasteiger partial charge in [-0.25, -0.2) is 0 Å². The van der Waals surface area contributed by atoms with Crippen molar-refractivity contribution in [3.8, 4) is 0 Å². The Labute approximate surface area is 217 Å². The molecule has 1 aliphatic heterocycles. The molecule has 37 heavy (non-hydrogen) atoms. The fourth-order valence-corrected chi connectivity index (χ4v) is 3.69. The minimum Gasteiger partial charge on any atom is -0.463 e. The molecule has 0 aromatic heterocycles. The molecule has 1 heterocycles. The fraction of sp³-hybridized carbons (Fsp3) is 0.792. The lowest BCUT2D eigenvalue weighted by Crippen LogP contribution is -2.66. The predicted octanol–water partition coefficient (Wildman–Crippen LogP) is 0.0230. The lowest BCUT2D eigenvalue weighted by atomic mass is 9.90. The number of amides is 1. The molecule has 1 fully saturated rings. The van der Waals surface area contributed by atoms with Crippen LogP contribution in [0.1, 0.15) is 54.9 Å². The topological polar surface area (TPSA) is 165 Å². The molecule has 1 rings (SSSR count). The molecule has 212 valence electrons. The van der Waals surface area contributed by atoms with E-state index in [2.05, 4.69) is 10.6 Å². The van der Waals surface area contributed by atoms with E-state index >= 15 is 0 Å². The molecule has 0 aromatic carbocycles. The lowest BCUT2D eigenvalue weighted by Gasteiger charge is -2.45. The summed E-state index contributed by atoms with van der Waals surface area (Å²) in [6, 6.07) is -0.867. The SMILES string of the molecule is CC(=O)N[C@@H]1[C@@H](OC(C)=O)[C@@H](OC(C)=O)[C@@H](COC(C)=O)O[C@@H]1CCOCCNCC(=O)OC(C)(C)C. The van der Waals surface area contributed by atoms with Crippen LogP contribution >= 0.6 is 0 Å². The first-order chi connectivity index (χ1) is 17.2. The molecule has 0 radical (unpaired) electrons. The second-order valence-electron chi connectivity index (χ2n) is 9.55. The molecule has 0 aromatic rings. The number of hydrogen-bond acceptors (Lipinski definition) is 12. The van der Waals surface area contributed by atoms with Crippen LogP contribution in [0.25, 0.3) is 0 Å². The maximum absolute atomic E-state index is 11.9. The molecule has 5 atom stereocenters. The Morgan fingerprint density at radius 2 is 1.46 bits per heavy atom. The molecule has 0 bridgehead atoms. The maximum atomic E-state index is 11.9. The van der Waals surface area contributed by atoms with Crippen molar-refractivity contribution in [2.45, 2.75) is 90.9 Å². The summed E-state index contributed by atoms with van der Waals surface area (Å²) in [4.78, 5) is 58.7. The van der Waals surface area contributed by atoms with Crippen LogP contribution in [0.15, 0.2) is 0 Å². The van der Waals surface area contributed by atoms with Crippen molar-refractivity contribution in [2.75, 3.05) is 32.9 Å². The van der Waals surface area contributed by atoms with Gasteiger partial charge in [-0.1, -0.05) is 0 Å². The molecule has 0 spiro atoms. The van der Waals surface area contributed by atoms with Crippen molar-refractivity contribution >= 4 is 29.8 Å². The zero-order chi connectivity index (χ0) is 28.2. The van der Waals surface area contributed by atoms with Gasteiger partial charge in [-0.05, 0) is 27.2 Å². The highest BCUT2D eigenvalue weighted by Crippen LogP contribution is 2.28. The highest BCUT2D eigenvalue weighted by Gasteiger charge is 2.50. The summed E-state index contributed by atoms with van der Waals surface area (Å²) in [6.45, 7) is 10.9. The van der Waals surface area contributed by atoms with E-state index in [-0.39, 0.29) is 38.8 Å². The van der Waals surface area contributed by atoms with Crippen molar-refractivity contribution < 1.29 is 52.4 Å². The van der Waals surface area contributed by atoms with Gasteiger partial charge in [0.15, 0.2) is 12.2 Å². The van der Waals surface area contributed by atoms with Gasteiger partial charge in [-0.15, -0.1) is 0 Å². The van der Waals surface area contributed by atoms with Crippen LogP contribution in [-0.4, -0.2) is 98.8 Å². The Kier molecular flexibility index (Phi) is 13.5. The molecule has 0 unspecified atom stereocenters. The van der Waals surface area contributed by atoms with Crippen LogP contribution in [0.2, 0.25) is 0 Å². The van der Waals surface area contributed by atoms with Crippen molar-refractivity contribution in [2.24, 2.45) is 0 Å². The standard InChI is InChI=1S/C24H40N2O11/c1-14(27)26-21-18(8-10-32-11-9-25-12-20(31)37-24(5,6)7)36-19(13-33-15(2)28)22(34-16(3)29)23(21)35-17(4)30/h18-19,21-23,25H,8-13H2,1-7H3,(H,26,27)/t18-,19-,21+,22+,23-/m1/s1. The highest BCUT2D eigenvalue weighted by molar-refractivity contribution is 5.74. The highest BCUT2D eigenvalue weighted by atomic mass is 16.6. The third-order valence-corrected chi connectivity index (χ3v) is 4.88. The van der Waals surface area contributed by atoms with Crippen molar-refractivity contribution in [1.82, 2.24) is 10.6 Å². The fourth-order valence-electron chi connectivity index (χ4n) is 3.69. The molecular formula is C24H40N2O11. The van der Waals surface area contributed by atoms with Crippen molar-refractivity contribution in [1.29, 1.82) is 0 Å². The van der Waals surface area contributed by atoms with E-state index in [1.807, 2.05) is 0 Å². The molecule has 13 heteroatoms. The van der Waals surface area contributed by atoms with E-state index in [0.717, 1.165) is 0 Å². The zero-order valence-corrected chi connectivity index (χ0v) is 22.6. The first kappa shape index (κ1) is 32.3. The minimum atomic E-state index is -1.13. The summed E-state index contributed by atoms with van der Waals surface area (Å²) in [6.07, 6.45) is -3.65. The van der Waals surface area contributed by atoms with Gasteiger partial charge in [0.1, 0.15) is 18.3 Å². The van der Waals surface area contributed by atoms with Crippen LogP contribution in [0.4, 0.5) is 0 Å². The summed E-state index contributed by atoms with van der Waals surface area (Å²) in [5.41, 5.74) is -0.564. The van der Waals surface area contributed by atoms with Gasteiger partial charge in [0.25, 0.3) is 0 Å². The average Bonchev–Trinajstić information content (AvgIpc) is 2.73. The van der Waals surface area contributed by atoms with Crippen LogP contribution in [0, 0.1) is 0 Å². The summed E-state index contributed by atoms with van der Waals surface area (Å²) in [5.74, 6) is -2.68. The monoisotopic (exact) mass is 532 g/mol. The van der Waals surface area contributed by atoms with Crippen LogP contribution in [-0.2, 0) is 52.4 Å². The molecule has 0 saturated carbocycles. The first-order valence-corrected chi connectivity index (χ1v) is 12.1. The Morgan fingerprint density at radius 1 is 0.838 bits per heavy atom. The van der Waals surface area contributed by atoms with E-state index in [1.165, 1.54) is 27.7 Å². The summed E-state index contributed by atoms with van der Waals surface area (Å²) in [5, 5.41) is 5.63. The normalized spacial score (nSPS) is 23.5. The van der Waals surface area contributed by atoms with Crippen molar-refractivity contribution in [3.05, 3.63) is 0 Å². The van der Waals surface area contributed by atoms with Gasteiger partial charge in [0.2, 0.25) is 5.91 Å². The van der Waals surface area contributed by atoms with Gasteiger partial charge in [0, 0.05) is 40.8 Å². The Bertz CT molecular complexity index is 796. The number of nitrogens with one attached hydrogen (secondary N) is 2. The molecule has 1 saturated heterocycles. The Balaban J connectivity index is 2.83. The van der Waals surface area contributed by atoms with Gasteiger partial charge in [-0.3, -0.25) is 24.0 Å². The van der Waals surface area contributed by atoms with Gasteiger partial charge < -0.3 is 39.1 Å². The number of carbonyl (C=O) groups is 5. The quantitative estimate of drug-likeness (QED) is 0.186. The van der Waals surface area contributed by atoms with Crippen LogP contribution in [0.3, 0.4) is 0 Å². The molecule has 1 amide bonds. The number of carbonyl (C=O) groups excluding carboxylic acids is 5. The van der Waals surface area contributed by atoms with E-state index in [4.69, 9.17) is 28.4 Å². The molecule has 13 nitrogen and oxygen atoms in total. The smallest absolute Gasteiger partial charge is 0.320 e. The van der Waals surface area contributed by atoms with Crippen LogP contribution < -0.4 is 10.6 Å². The maximum Gasteiger partial charge on any atom is 0.320 e. The van der Waals surface area contributed by atoms with E-state index in [1.54, 1.807) is 20.8 Å². The Hall–Kier alpha value is -2.77. The number of hydrogen-bond donors (Lipinski definition) is 2. The minimum absolute atomic E-state index is 0.0381. The molecule has 0 aliphatic carbocycles. The molecule has 1 aliphatic rings. The zero-order valence-electron chi connectivity index (χ0n) is 22.6. The number of esters is 4. The van der Waals surface area contributed by atoms with Gasteiger partial charge in [0.05, 0.1) is 25.3 Å². The largest absolute Gasteiger partial charge is 0.463 e. The first-order valence-electron chi connectivity index (χ1n) is 12.1. The summed E-state index contributed by atoms with van der Waals surface area (Å²) < 4.78 is 32.8. The van der Waals surface area contributed by atoms with E-state index in [0.29, 0.717) is 6.54 Å². The summed E-state index contributed by atoms with van der Waals surface area (Å²) in [7, 11) is 0. The molecular weight excluding hydrogens is 492 g/mol. The average molecular weight is 533 g/mol. The predicted molar refractivity (Wildman–Crippen MR) is 128 cm³/mol. The van der Waals surface area contributed by atoms with E-state index in [9.17, 15) is 24.0 Å². The summed E-state index contributed by atoms with van der Waals surface area (Å²) >= 11 is 0. The lowest BCUT2D eigenvalue weighted by molar-refractivity contribution is -0.225. The van der Waals surface area contributed by atoms with Crippen molar-refractivity contribution in [3.63, 3.8) is 0 Å². The number of ether oxygens (including phenoxy) is 6. The second kappa shape index (κ2) is 15.5. The second-order valence-corrected chi connectivity index (χ2v) is 9.55. The Morgan fingerprint density at radius 3 is 2.00 bits per heavy atom. The van der Waals surface area contributed by atoms with Gasteiger partial charge >= 0.3 is 23.9 Å². The van der Waals surface area contributed by atoms with E-state index < -0.39 is 59.9 Å². The van der Waals surface area contributed by atoms with Crippen LogP contribution in [0.5, 0.6) is 0 Å². The number of rotatable bonds is 13. The molecule has 2 N–H and O–H groups in total. The third kappa shape index (κ3) is 13.4. The van der Waals surface area contributed by atoms with Gasteiger partial charge in [-0.2, -0.15) is 0 Å².